The zero-order valence-corrected chi connectivity index (χ0v) is 8.80. The molecule has 84 valence electrons. The lowest BCUT2D eigenvalue weighted by atomic mass is 10.2. The summed E-state index contributed by atoms with van der Waals surface area (Å²) in [7, 11) is 0. The van der Waals surface area contributed by atoms with Crippen LogP contribution in [0, 0.1) is 11.8 Å². The number of nitrogens with one attached hydrogen (secondary N) is 1. The summed E-state index contributed by atoms with van der Waals surface area (Å²) >= 11 is 0. The van der Waals surface area contributed by atoms with Gasteiger partial charge in [-0.25, -0.2) is 4.79 Å². The molecule has 0 aliphatic heterocycles. The Morgan fingerprint density at radius 2 is 2.41 bits per heavy atom. The van der Waals surface area contributed by atoms with Crippen LogP contribution in [0.4, 0.5) is 0 Å². The van der Waals surface area contributed by atoms with Crippen LogP contribution in [0.25, 0.3) is 21.5 Å². The Balaban J connectivity index is 2.18. The normalized spacial score (nSPS) is 9.41. The number of oxazole rings is 1. The summed E-state index contributed by atoms with van der Waals surface area (Å²) in [6.07, 6.45) is 0.499. The van der Waals surface area contributed by atoms with Gasteiger partial charge in [-0.15, -0.1) is 0 Å². The van der Waals surface area contributed by atoms with Gasteiger partial charge in [0.05, 0.1) is 5.52 Å². The first-order valence-corrected chi connectivity index (χ1v) is 4.92. The Hall–Kier alpha value is -2.64. The van der Waals surface area contributed by atoms with E-state index in [-0.39, 0.29) is 0 Å². The summed E-state index contributed by atoms with van der Waals surface area (Å²) in [5.74, 6) is 5.28. The fourth-order valence-electron chi connectivity index (χ4n) is 1.34. The van der Waals surface area contributed by atoms with E-state index < -0.39 is 5.76 Å². The summed E-state index contributed by atoms with van der Waals surface area (Å²) in [4.78, 5) is 16.1. The molecule has 1 heterocycles. The second-order valence-corrected chi connectivity index (χ2v) is 3.23. The maximum atomic E-state index is 10.9. The Bertz CT molecular complexity index is 695. The molecule has 1 aromatic carbocycles. The van der Waals surface area contributed by atoms with Crippen molar-refractivity contribution in [3.05, 3.63) is 44.8 Å². The second-order valence-electron chi connectivity index (χ2n) is 3.23. The largest absolute Gasteiger partial charge is 0.417 e. The maximum Gasteiger partial charge on any atom is 0.417 e. The third kappa shape index (κ3) is 2.68. The van der Waals surface area contributed by atoms with Crippen LogP contribution in [0.1, 0.15) is 12.0 Å². The number of H-pyrrole nitrogens is 1. The molecule has 6 heteroatoms. The predicted octanol–water partition coefficient (Wildman–Crippen LogP) is 2.17. The van der Waals surface area contributed by atoms with Crippen molar-refractivity contribution in [3.63, 3.8) is 0 Å². The highest BCUT2D eigenvalue weighted by Gasteiger charge is 1.99. The molecule has 2 rings (SSSR count). The van der Waals surface area contributed by atoms with Gasteiger partial charge in [-0.1, -0.05) is 17.0 Å². The van der Waals surface area contributed by atoms with Gasteiger partial charge in [-0.05, 0) is 23.7 Å². The Labute approximate surface area is 95.9 Å². The molecule has 0 unspecified atom stereocenters. The molecule has 0 aliphatic rings. The molecule has 17 heavy (non-hydrogen) atoms. The summed E-state index contributed by atoms with van der Waals surface area (Å²) in [5.41, 5.74) is 9.95. The maximum absolute atomic E-state index is 10.9. The molecule has 0 saturated carbocycles. The van der Waals surface area contributed by atoms with Crippen LogP contribution in [-0.4, -0.2) is 11.5 Å². The van der Waals surface area contributed by atoms with E-state index in [9.17, 15) is 4.79 Å². The Kier molecular flexibility index (Phi) is 3.15. The number of aromatic nitrogens is 1. The third-order valence-corrected chi connectivity index (χ3v) is 2.05. The van der Waals surface area contributed by atoms with Crippen LogP contribution >= 0.6 is 0 Å². The van der Waals surface area contributed by atoms with Gasteiger partial charge in [-0.3, -0.25) is 4.98 Å². The molecule has 0 aliphatic carbocycles. The number of benzene rings is 1. The predicted molar refractivity (Wildman–Crippen MR) is 62.3 cm³/mol. The van der Waals surface area contributed by atoms with Crippen LogP contribution in [0.5, 0.6) is 0 Å². The summed E-state index contributed by atoms with van der Waals surface area (Å²) in [6.45, 7) is 0.352. The first kappa shape index (κ1) is 10.9. The average Bonchev–Trinajstić information content (AvgIpc) is 2.68. The number of hydrogen-bond acceptors (Lipinski definition) is 3. The highest BCUT2D eigenvalue weighted by Crippen LogP contribution is 2.11. The van der Waals surface area contributed by atoms with Crippen molar-refractivity contribution in [2.45, 2.75) is 6.42 Å². The van der Waals surface area contributed by atoms with Gasteiger partial charge in [-0.2, -0.15) is 0 Å². The van der Waals surface area contributed by atoms with E-state index in [0.29, 0.717) is 24.1 Å². The summed E-state index contributed by atoms with van der Waals surface area (Å²) in [6, 6.07) is 5.21. The van der Waals surface area contributed by atoms with Crippen molar-refractivity contribution in [2.24, 2.45) is 5.11 Å². The minimum atomic E-state index is -0.478. The fourth-order valence-corrected chi connectivity index (χ4v) is 1.34. The lowest BCUT2D eigenvalue weighted by Gasteiger charge is -1.89. The standard InChI is InChI=1S/C11H8N4O2/c12-15-13-6-2-1-3-8-4-5-9-10(7-8)17-11(16)14-9/h4-5,7H,2,6H2,(H,14,16). The SMILES string of the molecule is [N-]=[N+]=NCCC#Cc1ccc2[nH]c(=O)oc2c1. The van der Waals surface area contributed by atoms with Gasteiger partial charge in [0, 0.05) is 23.4 Å². The minimum Gasteiger partial charge on any atom is -0.408 e. The molecule has 0 bridgehead atoms. The van der Waals surface area contributed by atoms with Gasteiger partial charge in [0.25, 0.3) is 0 Å². The van der Waals surface area contributed by atoms with Crippen LogP contribution in [0.15, 0.2) is 32.5 Å². The molecule has 0 spiro atoms. The molecule has 0 atom stereocenters. The van der Waals surface area contributed by atoms with Crippen LogP contribution in [-0.2, 0) is 0 Å². The number of nitrogens with zero attached hydrogens (tertiary/aromatic N) is 3. The molecular formula is C11H8N4O2. The quantitative estimate of drug-likeness (QED) is 0.280. The molecule has 1 aromatic heterocycles. The summed E-state index contributed by atoms with van der Waals surface area (Å²) < 4.78 is 4.91. The van der Waals surface area contributed by atoms with Crippen molar-refractivity contribution in [1.29, 1.82) is 0 Å². The average molecular weight is 228 g/mol. The monoisotopic (exact) mass is 228 g/mol. The molecule has 0 fully saturated rings. The van der Waals surface area contributed by atoms with E-state index in [1.54, 1.807) is 18.2 Å². The number of hydrogen-bond donors (Lipinski definition) is 1. The third-order valence-electron chi connectivity index (χ3n) is 2.05. The van der Waals surface area contributed by atoms with E-state index in [2.05, 4.69) is 26.9 Å². The number of aromatic amines is 1. The van der Waals surface area contributed by atoms with Gasteiger partial charge < -0.3 is 4.42 Å². The first-order valence-electron chi connectivity index (χ1n) is 4.92. The zero-order valence-electron chi connectivity index (χ0n) is 8.80. The van der Waals surface area contributed by atoms with Gasteiger partial charge in [0.1, 0.15) is 0 Å². The highest BCUT2D eigenvalue weighted by molar-refractivity contribution is 5.73. The molecule has 1 N–H and O–H groups in total. The number of rotatable bonds is 2. The highest BCUT2D eigenvalue weighted by atomic mass is 16.4. The van der Waals surface area contributed by atoms with Crippen molar-refractivity contribution in [3.8, 4) is 11.8 Å². The lowest BCUT2D eigenvalue weighted by Crippen LogP contribution is -1.92. The van der Waals surface area contributed by atoms with E-state index in [1.807, 2.05) is 0 Å². The van der Waals surface area contributed by atoms with E-state index in [1.165, 1.54) is 0 Å². The van der Waals surface area contributed by atoms with Crippen molar-refractivity contribution >= 4 is 11.1 Å². The van der Waals surface area contributed by atoms with Crippen LogP contribution < -0.4 is 5.76 Å². The number of fused-ring (bicyclic) bond motifs is 1. The van der Waals surface area contributed by atoms with Crippen LogP contribution in [0.3, 0.4) is 0 Å². The first-order chi connectivity index (χ1) is 8.29. The Morgan fingerprint density at radius 3 is 3.24 bits per heavy atom. The van der Waals surface area contributed by atoms with Gasteiger partial charge >= 0.3 is 5.76 Å². The van der Waals surface area contributed by atoms with Crippen molar-refractivity contribution < 1.29 is 4.42 Å². The molecule has 0 amide bonds. The molecule has 0 saturated heterocycles. The van der Waals surface area contributed by atoms with Gasteiger partial charge in [0.2, 0.25) is 0 Å². The second kappa shape index (κ2) is 4.92. The molecule has 6 nitrogen and oxygen atoms in total. The fraction of sp³-hybridized carbons (Fsp3) is 0.182. The van der Waals surface area contributed by atoms with Gasteiger partial charge in [0.15, 0.2) is 5.58 Å². The zero-order chi connectivity index (χ0) is 12.1. The van der Waals surface area contributed by atoms with E-state index >= 15 is 0 Å². The minimum absolute atomic E-state index is 0.352. The topological polar surface area (TPSA) is 94.8 Å². The molecule has 0 radical (unpaired) electrons. The van der Waals surface area contributed by atoms with Crippen LogP contribution in [0.2, 0.25) is 0 Å². The molecular weight excluding hydrogens is 220 g/mol. The molecule has 2 aromatic rings. The van der Waals surface area contributed by atoms with Crippen molar-refractivity contribution in [1.82, 2.24) is 4.98 Å². The number of azide groups is 1. The van der Waals surface area contributed by atoms with E-state index in [4.69, 9.17) is 9.95 Å². The van der Waals surface area contributed by atoms with Crippen molar-refractivity contribution in [2.75, 3.05) is 6.54 Å². The smallest absolute Gasteiger partial charge is 0.408 e. The summed E-state index contributed by atoms with van der Waals surface area (Å²) in [5, 5.41) is 3.37. The van der Waals surface area contributed by atoms with E-state index in [0.717, 1.165) is 5.56 Å². The Morgan fingerprint density at radius 1 is 1.53 bits per heavy atom. The lowest BCUT2D eigenvalue weighted by molar-refractivity contribution is 0.555.